The molecule has 1 N–H and O–H groups in total. The summed E-state index contributed by atoms with van der Waals surface area (Å²) in [4.78, 5) is 0. The van der Waals surface area contributed by atoms with Crippen LogP contribution >= 0.6 is 0 Å². The first-order chi connectivity index (χ1) is 6.98. The number of alkyl halides is 3. The molecule has 1 heterocycles. The van der Waals surface area contributed by atoms with Crippen LogP contribution in [-0.4, -0.2) is 11.3 Å². The minimum Gasteiger partial charge on any atom is -0.379 e. The molecule has 1 aliphatic rings. The van der Waals surface area contributed by atoms with E-state index in [1.807, 2.05) is 0 Å². The Kier molecular flexibility index (Phi) is 2.44. The van der Waals surface area contributed by atoms with Crippen LogP contribution < -0.4 is 0 Å². The summed E-state index contributed by atoms with van der Waals surface area (Å²) in [7, 11) is 0. The highest BCUT2D eigenvalue weighted by Crippen LogP contribution is 2.34. The zero-order chi connectivity index (χ0) is 11.1. The molecule has 0 aliphatic carbocycles. The molecule has 0 amide bonds. The molecule has 5 heteroatoms. The second-order valence-corrected chi connectivity index (χ2v) is 3.47. The summed E-state index contributed by atoms with van der Waals surface area (Å²) >= 11 is 0. The van der Waals surface area contributed by atoms with Gasteiger partial charge in [0.05, 0.1) is 13.2 Å². The summed E-state index contributed by atoms with van der Waals surface area (Å²) in [5.41, 5.74) is 1.47. The molecule has 0 fully saturated rings. The van der Waals surface area contributed by atoms with Crippen LogP contribution in [0.25, 0.3) is 0 Å². The highest BCUT2D eigenvalue weighted by Gasteiger charge is 2.39. The zero-order valence-electron chi connectivity index (χ0n) is 7.71. The maximum Gasteiger partial charge on any atom is 0.418 e. The summed E-state index contributed by atoms with van der Waals surface area (Å²) in [5.74, 6) is 0. The number of rotatable bonds is 1. The van der Waals surface area contributed by atoms with Gasteiger partial charge < -0.3 is 9.84 Å². The summed E-state index contributed by atoms with van der Waals surface area (Å²) in [6.45, 7) is 0.742. The smallest absolute Gasteiger partial charge is 0.379 e. The summed E-state index contributed by atoms with van der Waals surface area (Å²) in [6, 6.07) is 4.19. The fourth-order valence-corrected chi connectivity index (χ4v) is 1.55. The summed E-state index contributed by atoms with van der Waals surface area (Å²) in [5, 5.41) is 9.02. The van der Waals surface area contributed by atoms with Crippen LogP contribution in [0.2, 0.25) is 0 Å². The zero-order valence-corrected chi connectivity index (χ0v) is 7.71. The van der Waals surface area contributed by atoms with E-state index in [1.165, 1.54) is 12.1 Å². The third-order valence-electron chi connectivity index (χ3n) is 2.37. The van der Waals surface area contributed by atoms with Gasteiger partial charge in [-0.2, -0.15) is 13.2 Å². The normalized spacial score (nSPS) is 17.6. The van der Waals surface area contributed by atoms with Crippen molar-refractivity contribution < 1.29 is 23.0 Å². The van der Waals surface area contributed by atoms with Crippen molar-refractivity contribution in [2.24, 2.45) is 0 Å². The predicted octanol–water partition coefficient (Wildman–Crippen LogP) is 2.31. The van der Waals surface area contributed by atoms with Gasteiger partial charge >= 0.3 is 6.18 Å². The van der Waals surface area contributed by atoms with Gasteiger partial charge in [-0.1, -0.05) is 18.2 Å². The van der Waals surface area contributed by atoms with E-state index in [-0.39, 0.29) is 5.56 Å². The number of aliphatic hydroxyl groups is 1. The fraction of sp³-hybridized carbons (Fsp3) is 0.400. The van der Waals surface area contributed by atoms with Crippen LogP contribution in [0.5, 0.6) is 0 Å². The molecule has 1 aliphatic heterocycles. The monoisotopic (exact) mass is 218 g/mol. The van der Waals surface area contributed by atoms with Gasteiger partial charge in [-0.15, -0.1) is 0 Å². The largest absolute Gasteiger partial charge is 0.418 e. The second-order valence-electron chi connectivity index (χ2n) is 3.47. The van der Waals surface area contributed by atoms with Crippen LogP contribution in [0.4, 0.5) is 13.2 Å². The number of fused-ring (bicyclic) bond motifs is 1. The number of aliphatic hydroxyl groups excluding tert-OH is 1. The molecule has 2 nitrogen and oxygen atoms in total. The SMILES string of the molecule is OC(c1ccc2c(c1)COC2)C(F)(F)F. The molecule has 2 rings (SSSR count). The Bertz CT molecular complexity index is 373. The van der Waals surface area contributed by atoms with Crippen molar-refractivity contribution >= 4 is 0 Å². The quantitative estimate of drug-likeness (QED) is 0.783. The molecule has 82 valence electrons. The lowest BCUT2D eigenvalue weighted by Crippen LogP contribution is -2.20. The molecule has 0 aromatic heterocycles. The van der Waals surface area contributed by atoms with E-state index in [2.05, 4.69) is 0 Å². The number of hydrogen-bond acceptors (Lipinski definition) is 2. The highest BCUT2D eigenvalue weighted by molar-refractivity contribution is 5.34. The van der Waals surface area contributed by atoms with Crippen molar-refractivity contribution in [2.75, 3.05) is 0 Å². The van der Waals surface area contributed by atoms with E-state index < -0.39 is 12.3 Å². The van der Waals surface area contributed by atoms with Crippen LogP contribution in [0.15, 0.2) is 18.2 Å². The Balaban J connectivity index is 2.31. The van der Waals surface area contributed by atoms with E-state index in [0.29, 0.717) is 13.2 Å². The molecule has 0 radical (unpaired) electrons. The molecule has 1 aromatic carbocycles. The van der Waals surface area contributed by atoms with Crippen molar-refractivity contribution in [3.63, 3.8) is 0 Å². The van der Waals surface area contributed by atoms with Crippen molar-refractivity contribution in [3.05, 3.63) is 34.9 Å². The van der Waals surface area contributed by atoms with Crippen molar-refractivity contribution in [3.8, 4) is 0 Å². The third-order valence-corrected chi connectivity index (χ3v) is 2.37. The first-order valence-corrected chi connectivity index (χ1v) is 4.42. The minimum absolute atomic E-state index is 0.133. The Morgan fingerprint density at radius 1 is 1.20 bits per heavy atom. The van der Waals surface area contributed by atoms with Crippen LogP contribution in [-0.2, 0) is 18.0 Å². The van der Waals surface area contributed by atoms with Crippen LogP contribution in [0, 0.1) is 0 Å². The maximum atomic E-state index is 12.2. The molecule has 15 heavy (non-hydrogen) atoms. The van der Waals surface area contributed by atoms with Gasteiger partial charge in [-0.05, 0) is 16.7 Å². The summed E-state index contributed by atoms with van der Waals surface area (Å²) in [6.07, 6.45) is -7.03. The van der Waals surface area contributed by atoms with Gasteiger partial charge in [0.1, 0.15) is 0 Å². The maximum absolute atomic E-state index is 12.2. The lowest BCUT2D eigenvalue weighted by molar-refractivity contribution is -0.206. The van der Waals surface area contributed by atoms with Crippen LogP contribution in [0.1, 0.15) is 22.8 Å². The molecule has 0 bridgehead atoms. The Morgan fingerprint density at radius 2 is 1.87 bits per heavy atom. The van der Waals surface area contributed by atoms with Gasteiger partial charge in [0.15, 0.2) is 6.10 Å². The van der Waals surface area contributed by atoms with Crippen molar-refractivity contribution in [1.29, 1.82) is 0 Å². The van der Waals surface area contributed by atoms with Gasteiger partial charge in [-0.3, -0.25) is 0 Å². The average molecular weight is 218 g/mol. The number of ether oxygens (including phenoxy) is 1. The van der Waals surface area contributed by atoms with E-state index >= 15 is 0 Å². The number of halogens is 3. The Morgan fingerprint density at radius 3 is 2.53 bits per heavy atom. The van der Waals surface area contributed by atoms with Crippen molar-refractivity contribution in [2.45, 2.75) is 25.5 Å². The molecule has 0 saturated carbocycles. The van der Waals surface area contributed by atoms with E-state index in [0.717, 1.165) is 11.1 Å². The van der Waals surface area contributed by atoms with Crippen LogP contribution in [0.3, 0.4) is 0 Å². The number of hydrogen-bond donors (Lipinski definition) is 1. The minimum atomic E-state index is -4.62. The lowest BCUT2D eigenvalue weighted by Gasteiger charge is -2.15. The van der Waals surface area contributed by atoms with E-state index in [4.69, 9.17) is 9.84 Å². The van der Waals surface area contributed by atoms with E-state index in [1.54, 1.807) is 6.07 Å². The molecule has 0 saturated heterocycles. The van der Waals surface area contributed by atoms with Crippen molar-refractivity contribution in [1.82, 2.24) is 0 Å². The first kappa shape index (κ1) is 10.4. The third kappa shape index (κ3) is 1.98. The second kappa shape index (κ2) is 3.50. The van der Waals surface area contributed by atoms with Gasteiger partial charge in [0.25, 0.3) is 0 Å². The van der Waals surface area contributed by atoms with Gasteiger partial charge in [0.2, 0.25) is 0 Å². The molecule has 0 spiro atoms. The molecule has 1 aromatic rings. The van der Waals surface area contributed by atoms with Gasteiger partial charge in [-0.25, -0.2) is 0 Å². The Hall–Kier alpha value is -1.07. The first-order valence-electron chi connectivity index (χ1n) is 4.42. The van der Waals surface area contributed by atoms with E-state index in [9.17, 15) is 13.2 Å². The number of benzene rings is 1. The molecular weight excluding hydrogens is 209 g/mol. The fourth-order valence-electron chi connectivity index (χ4n) is 1.55. The lowest BCUT2D eigenvalue weighted by atomic mass is 10.0. The molecular formula is C10H9F3O2. The average Bonchev–Trinajstić information content (AvgIpc) is 2.61. The predicted molar refractivity (Wildman–Crippen MR) is 45.9 cm³/mol. The van der Waals surface area contributed by atoms with Gasteiger partial charge in [0, 0.05) is 0 Å². The molecule has 1 unspecified atom stereocenters. The highest BCUT2D eigenvalue weighted by atomic mass is 19.4. The standard InChI is InChI=1S/C10H9F3O2/c11-10(12,13)9(14)6-1-2-7-4-15-5-8(7)3-6/h1-3,9,14H,4-5H2. The Labute approximate surface area is 84.3 Å². The summed E-state index contributed by atoms with van der Waals surface area (Å²) < 4.78 is 41.7. The molecule has 1 atom stereocenters. The topological polar surface area (TPSA) is 29.5 Å².